The van der Waals surface area contributed by atoms with Gasteiger partial charge in [0, 0.05) is 43.2 Å². The van der Waals surface area contributed by atoms with Gasteiger partial charge in [0.1, 0.15) is 0 Å². The molecule has 1 atom stereocenters. The molecule has 1 unspecified atom stereocenters. The number of amides is 1. The maximum atomic E-state index is 11.5. The molecule has 0 bridgehead atoms. The number of aryl methyl sites for hydroxylation is 1. The van der Waals surface area contributed by atoms with Crippen LogP contribution in [0.2, 0.25) is 0 Å². The van der Waals surface area contributed by atoms with Gasteiger partial charge < -0.3 is 14.6 Å². The highest BCUT2D eigenvalue weighted by atomic mass is 16.4. The van der Waals surface area contributed by atoms with E-state index in [0.29, 0.717) is 13.1 Å². The summed E-state index contributed by atoms with van der Waals surface area (Å²) in [4.78, 5) is 23.7. The number of fused-ring (bicyclic) bond motifs is 1. The monoisotopic (exact) mass is 272 g/mol. The number of carboxylic acid groups (broad SMARTS) is 1. The summed E-state index contributed by atoms with van der Waals surface area (Å²) in [6, 6.07) is 8.14. The summed E-state index contributed by atoms with van der Waals surface area (Å²) in [5, 5.41) is 9.96. The number of aromatic nitrogens is 1. The number of carbonyl (C=O) groups is 2. The molecule has 1 N–H and O–H groups in total. The third-order valence-corrected chi connectivity index (χ3v) is 4.03. The third-order valence-electron chi connectivity index (χ3n) is 4.03. The van der Waals surface area contributed by atoms with Gasteiger partial charge in [-0.15, -0.1) is 0 Å². The zero-order chi connectivity index (χ0) is 14.3. The van der Waals surface area contributed by atoms with Gasteiger partial charge in [-0.3, -0.25) is 4.79 Å². The van der Waals surface area contributed by atoms with E-state index in [9.17, 15) is 9.59 Å². The van der Waals surface area contributed by atoms with Crippen LogP contribution in [0.4, 0.5) is 0 Å². The largest absolute Gasteiger partial charge is 0.474 e. The van der Waals surface area contributed by atoms with Gasteiger partial charge in [-0.2, -0.15) is 0 Å². The summed E-state index contributed by atoms with van der Waals surface area (Å²) < 4.78 is 2.08. The van der Waals surface area contributed by atoms with Crippen LogP contribution in [0.3, 0.4) is 0 Å². The van der Waals surface area contributed by atoms with Crippen molar-refractivity contribution in [2.24, 2.45) is 7.05 Å². The summed E-state index contributed by atoms with van der Waals surface area (Å²) >= 11 is 0. The van der Waals surface area contributed by atoms with E-state index in [-0.39, 0.29) is 5.92 Å². The van der Waals surface area contributed by atoms with Crippen molar-refractivity contribution in [3.05, 3.63) is 36.0 Å². The van der Waals surface area contributed by atoms with E-state index in [4.69, 9.17) is 5.11 Å². The Morgan fingerprint density at radius 2 is 2.05 bits per heavy atom. The fourth-order valence-electron chi connectivity index (χ4n) is 3.03. The van der Waals surface area contributed by atoms with Crippen LogP contribution >= 0.6 is 0 Å². The van der Waals surface area contributed by atoms with Crippen molar-refractivity contribution < 1.29 is 14.7 Å². The molecule has 104 valence electrons. The Bertz CT molecular complexity index is 689. The molecule has 1 aliphatic heterocycles. The lowest BCUT2D eigenvalue weighted by Gasteiger charge is -2.13. The minimum absolute atomic E-state index is 0.212. The molecule has 1 aliphatic rings. The normalized spacial score (nSPS) is 18.6. The standard InChI is InChI=1S/C15H16N2O3/c1-16-9-12(11-4-2-3-5-13(11)16)10-6-7-17(8-10)14(18)15(19)20/h2-5,9-10H,6-8H2,1H3,(H,19,20). The van der Waals surface area contributed by atoms with Crippen molar-refractivity contribution in [2.75, 3.05) is 13.1 Å². The average Bonchev–Trinajstić information content (AvgIpc) is 3.03. The number of benzene rings is 1. The van der Waals surface area contributed by atoms with E-state index in [0.717, 1.165) is 11.9 Å². The maximum Gasteiger partial charge on any atom is 0.394 e. The summed E-state index contributed by atoms with van der Waals surface area (Å²) in [6.07, 6.45) is 2.90. The lowest BCUT2D eigenvalue weighted by atomic mass is 9.98. The SMILES string of the molecule is Cn1cc(C2CCN(C(=O)C(=O)O)C2)c2ccccc21. The van der Waals surface area contributed by atoms with Crippen LogP contribution in [0.5, 0.6) is 0 Å². The highest BCUT2D eigenvalue weighted by Crippen LogP contribution is 2.33. The second-order valence-corrected chi connectivity index (χ2v) is 5.25. The highest BCUT2D eigenvalue weighted by Gasteiger charge is 2.31. The number of nitrogens with zero attached hydrogens (tertiary/aromatic N) is 2. The number of likely N-dealkylation sites (tertiary alicyclic amines) is 1. The first-order valence-corrected chi connectivity index (χ1v) is 6.64. The van der Waals surface area contributed by atoms with E-state index in [1.807, 2.05) is 19.2 Å². The Morgan fingerprint density at radius 1 is 1.30 bits per heavy atom. The number of rotatable bonds is 1. The molecule has 0 aliphatic carbocycles. The van der Waals surface area contributed by atoms with Crippen LogP contribution < -0.4 is 0 Å². The van der Waals surface area contributed by atoms with Gasteiger partial charge >= 0.3 is 11.9 Å². The Hall–Kier alpha value is -2.30. The second kappa shape index (κ2) is 4.67. The van der Waals surface area contributed by atoms with Gasteiger partial charge in [-0.1, -0.05) is 18.2 Å². The van der Waals surface area contributed by atoms with Crippen LogP contribution in [-0.4, -0.2) is 39.5 Å². The summed E-state index contributed by atoms with van der Waals surface area (Å²) in [7, 11) is 2.00. The van der Waals surface area contributed by atoms with Crippen LogP contribution in [-0.2, 0) is 16.6 Å². The second-order valence-electron chi connectivity index (χ2n) is 5.25. The molecule has 3 rings (SSSR count). The molecular formula is C15H16N2O3. The lowest BCUT2D eigenvalue weighted by Crippen LogP contribution is -2.34. The molecule has 0 radical (unpaired) electrons. The minimum atomic E-state index is -1.37. The number of para-hydroxylation sites is 1. The maximum absolute atomic E-state index is 11.5. The molecule has 1 aromatic carbocycles. The molecule has 1 aromatic heterocycles. The molecule has 5 nitrogen and oxygen atoms in total. The predicted molar refractivity (Wildman–Crippen MR) is 74.5 cm³/mol. The van der Waals surface area contributed by atoms with Crippen LogP contribution in [0.15, 0.2) is 30.5 Å². The number of hydrogen-bond donors (Lipinski definition) is 1. The Kier molecular flexibility index (Phi) is 2.97. The number of carbonyl (C=O) groups excluding carboxylic acids is 1. The minimum Gasteiger partial charge on any atom is -0.474 e. The van der Waals surface area contributed by atoms with Gasteiger partial charge in [-0.05, 0) is 18.1 Å². The highest BCUT2D eigenvalue weighted by molar-refractivity contribution is 6.31. The van der Waals surface area contributed by atoms with E-state index in [2.05, 4.69) is 22.9 Å². The third kappa shape index (κ3) is 1.95. The molecule has 20 heavy (non-hydrogen) atoms. The van der Waals surface area contributed by atoms with E-state index in [1.165, 1.54) is 15.8 Å². The quantitative estimate of drug-likeness (QED) is 0.802. The molecule has 0 saturated carbocycles. The zero-order valence-corrected chi connectivity index (χ0v) is 11.2. The van der Waals surface area contributed by atoms with Gasteiger partial charge in [-0.25, -0.2) is 4.79 Å². The van der Waals surface area contributed by atoms with Crippen LogP contribution in [0.1, 0.15) is 17.9 Å². The molecule has 1 saturated heterocycles. The fourth-order valence-corrected chi connectivity index (χ4v) is 3.03. The fraction of sp³-hybridized carbons (Fsp3) is 0.333. The number of aliphatic carboxylic acids is 1. The summed E-state index contributed by atoms with van der Waals surface area (Å²) in [5.74, 6) is -1.96. The van der Waals surface area contributed by atoms with E-state index in [1.54, 1.807) is 0 Å². The number of carboxylic acids is 1. The van der Waals surface area contributed by atoms with Crippen molar-refractivity contribution in [3.8, 4) is 0 Å². The summed E-state index contributed by atoms with van der Waals surface area (Å²) in [5.41, 5.74) is 2.36. The van der Waals surface area contributed by atoms with Crippen molar-refractivity contribution in [1.29, 1.82) is 0 Å². The van der Waals surface area contributed by atoms with Crippen molar-refractivity contribution in [1.82, 2.24) is 9.47 Å². The Balaban J connectivity index is 1.90. The zero-order valence-electron chi connectivity index (χ0n) is 11.2. The molecular weight excluding hydrogens is 256 g/mol. The van der Waals surface area contributed by atoms with E-state index < -0.39 is 11.9 Å². The van der Waals surface area contributed by atoms with Crippen molar-refractivity contribution in [3.63, 3.8) is 0 Å². The van der Waals surface area contributed by atoms with E-state index >= 15 is 0 Å². The molecule has 2 aromatic rings. The Morgan fingerprint density at radius 3 is 2.80 bits per heavy atom. The lowest BCUT2D eigenvalue weighted by molar-refractivity contribution is -0.155. The van der Waals surface area contributed by atoms with Crippen LogP contribution in [0, 0.1) is 0 Å². The topological polar surface area (TPSA) is 62.5 Å². The van der Waals surface area contributed by atoms with Crippen LogP contribution in [0.25, 0.3) is 10.9 Å². The first-order valence-electron chi connectivity index (χ1n) is 6.64. The molecule has 5 heteroatoms. The molecule has 1 amide bonds. The number of hydrogen-bond acceptors (Lipinski definition) is 2. The van der Waals surface area contributed by atoms with Gasteiger partial charge in [0.15, 0.2) is 0 Å². The Labute approximate surface area is 116 Å². The first-order chi connectivity index (χ1) is 9.58. The summed E-state index contributed by atoms with van der Waals surface area (Å²) in [6.45, 7) is 0.998. The van der Waals surface area contributed by atoms with Gasteiger partial charge in [0.2, 0.25) is 0 Å². The average molecular weight is 272 g/mol. The van der Waals surface area contributed by atoms with Crippen molar-refractivity contribution in [2.45, 2.75) is 12.3 Å². The van der Waals surface area contributed by atoms with Gasteiger partial charge in [0.25, 0.3) is 0 Å². The first kappa shape index (κ1) is 12.7. The smallest absolute Gasteiger partial charge is 0.394 e. The molecule has 0 spiro atoms. The predicted octanol–water partition coefficient (Wildman–Crippen LogP) is 1.58. The van der Waals surface area contributed by atoms with Crippen molar-refractivity contribution >= 4 is 22.8 Å². The molecule has 2 heterocycles. The van der Waals surface area contributed by atoms with Gasteiger partial charge in [0.05, 0.1) is 0 Å². The molecule has 1 fully saturated rings.